The highest BCUT2D eigenvalue weighted by Gasteiger charge is 2.22. The Hall–Kier alpha value is -1.35. The fourth-order valence-electron chi connectivity index (χ4n) is 1.63. The summed E-state index contributed by atoms with van der Waals surface area (Å²) in [4.78, 5) is 11.5. The van der Waals surface area contributed by atoms with Crippen molar-refractivity contribution in [1.29, 1.82) is 0 Å². The van der Waals surface area contributed by atoms with Gasteiger partial charge in [0, 0.05) is 6.54 Å². The van der Waals surface area contributed by atoms with E-state index >= 15 is 0 Å². The lowest BCUT2D eigenvalue weighted by Crippen LogP contribution is -2.24. The van der Waals surface area contributed by atoms with Crippen LogP contribution in [0.25, 0.3) is 0 Å². The van der Waals surface area contributed by atoms with Crippen LogP contribution in [0.3, 0.4) is 0 Å². The van der Waals surface area contributed by atoms with E-state index in [1.165, 1.54) is 11.1 Å². The van der Waals surface area contributed by atoms with Crippen LogP contribution < -0.4 is 5.32 Å². The summed E-state index contributed by atoms with van der Waals surface area (Å²) in [5.41, 5.74) is 2.15. The molecule has 19 heavy (non-hydrogen) atoms. The van der Waals surface area contributed by atoms with Crippen molar-refractivity contribution < 1.29 is 9.53 Å². The van der Waals surface area contributed by atoms with Gasteiger partial charge in [-0.25, -0.2) is 0 Å². The van der Waals surface area contributed by atoms with Gasteiger partial charge < -0.3 is 10.1 Å². The summed E-state index contributed by atoms with van der Waals surface area (Å²) < 4.78 is 5.20. The number of hydrogen-bond donors (Lipinski definition) is 1. The lowest BCUT2D eigenvalue weighted by Gasteiger charge is -2.16. The maximum Gasteiger partial charge on any atom is 0.311 e. The summed E-state index contributed by atoms with van der Waals surface area (Å²) in [5.74, 6) is -0.133. The number of benzene rings is 1. The lowest BCUT2D eigenvalue weighted by atomic mass is 9.97. The molecule has 0 radical (unpaired) electrons. The Morgan fingerprint density at radius 1 is 1.32 bits per heavy atom. The van der Waals surface area contributed by atoms with Crippen molar-refractivity contribution in [2.24, 2.45) is 5.41 Å². The number of ether oxygens (including phenoxy) is 1. The maximum atomic E-state index is 11.5. The van der Waals surface area contributed by atoms with Crippen molar-refractivity contribution in [2.45, 2.75) is 40.7 Å². The Morgan fingerprint density at radius 3 is 2.68 bits per heavy atom. The number of nitrogens with one attached hydrogen (secondary N) is 1. The Labute approximate surface area is 116 Å². The summed E-state index contributed by atoms with van der Waals surface area (Å²) in [5, 5.41) is 3.35. The molecule has 0 atom stereocenters. The SMILES string of the molecule is Cc1cccc(CNCCCOC(=O)C(C)(C)C)c1. The summed E-state index contributed by atoms with van der Waals surface area (Å²) >= 11 is 0. The van der Waals surface area contributed by atoms with E-state index in [-0.39, 0.29) is 5.97 Å². The summed E-state index contributed by atoms with van der Waals surface area (Å²) in [6.07, 6.45) is 0.841. The normalized spacial score (nSPS) is 11.4. The Bertz CT molecular complexity index is 407. The van der Waals surface area contributed by atoms with Crippen LogP contribution in [0, 0.1) is 12.3 Å². The van der Waals surface area contributed by atoms with Crippen LogP contribution >= 0.6 is 0 Å². The topological polar surface area (TPSA) is 38.3 Å². The van der Waals surface area contributed by atoms with Crippen molar-refractivity contribution in [3.63, 3.8) is 0 Å². The average Bonchev–Trinajstić information content (AvgIpc) is 2.32. The highest BCUT2D eigenvalue weighted by Crippen LogP contribution is 2.14. The van der Waals surface area contributed by atoms with E-state index in [0.29, 0.717) is 6.61 Å². The molecule has 3 nitrogen and oxygen atoms in total. The Kier molecular flexibility index (Phi) is 6.03. The Morgan fingerprint density at radius 2 is 2.05 bits per heavy atom. The van der Waals surface area contributed by atoms with Crippen LogP contribution in [-0.4, -0.2) is 19.1 Å². The molecule has 0 spiro atoms. The molecule has 0 saturated heterocycles. The van der Waals surface area contributed by atoms with Crippen molar-refractivity contribution in [2.75, 3.05) is 13.2 Å². The molecule has 0 heterocycles. The van der Waals surface area contributed by atoms with Crippen molar-refractivity contribution >= 4 is 5.97 Å². The van der Waals surface area contributed by atoms with Gasteiger partial charge in [-0.3, -0.25) is 4.79 Å². The van der Waals surface area contributed by atoms with Crippen LogP contribution in [0.5, 0.6) is 0 Å². The van der Waals surface area contributed by atoms with Crippen molar-refractivity contribution in [1.82, 2.24) is 5.32 Å². The summed E-state index contributed by atoms with van der Waals surface area (Å²) in [6, 6.07) is 8.44. The van der Waals surface area contributed by atoms with E-state index in [2.05, 4.69) is 36.5 Å². The van der Waals surface area contributed by atoms with E-state index in [1.54, 1.807) is 0 Å². The highest BCUT2D eigenvalue weighted by atomic mass is 16.5. The van der Waals surface area contributed by atoms with Gasteiger partial charge >= 0.3 is 5.97 Å². The molecular formula is C16H25NO2. The maximum absolute atomic E-state index is 11.5. The zero-order valence-corrected chi connectivity index (χ0v) is 12.5. The number of carbonyl (C=O) groups excluding carboxylic acids is 1. The van der Waals surface area contributed by atoms with Gasteiger partial charge in [-0.1, -0.05) is 29.8 Å². The predicted molar refractivity (Wildman–Crippen MR) is 77.9 cm³/mol. The quantitative estimate of drug-likeness (QED) is 0.633. The number of aryl methyl sites for hydroxylation is 1. The van der Waals surface area contributed by atoms with Crippen LogP contribution in [-0.2, 0) is 16.1 Å². The fraction of sp³-hybridized carbons (Fsp3) is 0.562. The molecule has 0 aliphatic carbocycles. The largest absolute Gasteiger partial charge is 0.465 e. The van der Waals surface area contributed by atoms with E-state index in [0.717, 1.165) is 19.5 Å². The molecular weight excluding hydrogens is 238 g/mol. The monoisotopic (exact) mass is 263 g/mol. The van der Waals surface area contributed by atoms with E-state index in [9.17, 15) is 4.79 Å². The van der Waals surface area contributed by atoms with Crippen molar-refractivity contribution in [3.8, 4) is 0 Å². The van der Waals surface area contributed by atoms with E-state index in [1.807, 2.05) is 20.8 Å². The van der Waals surface area contributed by atoms with E-state index in [4.69, 9.17) is 4.74 Å². The van der Waals surface area contributed by atoms with Gasteiger partial charge in [-0.2, -0.15) is 0 Å². The minimum Gasteiger partial charge on any atom is -0.465 e. The van der Waals surface area contributed by atoms with Crippen LogP contribution in [0.1, 0.15) is 38.3 Å². The number of esters is 1. The second-order valence-corrected chi connectivity index (χ2v) is 5.91. The first-order valence-corrected chi connectivity index (χ1v) is 6.83. The van der Waals surface area contributed by atoms with Gasteiger partial charge in [0.05, 0.1) is 12.0 Å². The van der Waals surface area contributed by atoms with Gasteiger partial charge in [0.15, 0.2) is 0 Å². The number of rotatable bonds is 6. The smallest absolute Gasteiger partial charge is 0.311 e. The lowest BCUT2D eigenvalue weighted by molar-refractivity contribution is -0.152. The van der Waals surface area contributed by atoms with Gasteiger partial charge in [0.25, 0.3) is 0 Å². The second-order valence-electron chi connectivity index (χ2n) is 5.91. The van der Waals surface area contributed by atoms with E-state index < -0.39 is 5.41 Å². The molecule has 0 fully saturated rings. The Balaban J connectivity index is 2.11. The highest BCUT2D eigenvalue weighted by molar-refractivity contribution is 5.75. The second kappa shape index (κ2) is 7.29. The van der Waals surface area contributed by atoms with Gasteiger partial charge in [0.1, 0.15) is 0 Å². The third-order valence-electron chi connectivity index (χ3n) is 2.76. The van der Waals surface area contributed by atoms with Gasteiger partial charge in [0.2, 0.25) is 0 Å². The zero-order chi connectivity index (χ0) is 14.3. The summed E-state index contributed by atoms with van der Waals surface area (Å²) in [6.45, 7) is 9.88. The molecule has 0 aromatic heterocycles. The minimum absolute atomic E-state index is 0.133. The van der Waals surface area contributed by atoms with Crippen LogP contribution in [0.2, 0.25) is 0 Å². The molecule has 0 unspecified atom stereocenters. The van der Waals surface area contributed by atoms with Crippen LogP contribution in [0.15, 0.2) is 24.3 Å². The molecule has 1 aromatic rings. The molecule has 0 aliphatic rings. The average molecular weight is 263 g/mol. The number of hydrogen-bond acceptors (Lipinski definition) is 3. The van der Waals surface area contributed by atoms with Crippen LogP contribution in [0.4, 0.5) is 0 Å². The fourth-order valence-corrected chi connectivity index (χ4v) is 1.63. The predicted octanol–water partition coefficient (Wildman–Crippen LogP) is 3.06. The third kappa shape index (κ3) is 6.39. The molecule has 0 aliphatic heterocycles. The third-order valence-corrected chi connectivity index (χ3v) is 2.76. The molecule has 0 saturated carbocycles. The van der Waals surface area contributed by atoms with Gasteiger partial charge in [-0.15, -0.1) is 0 Å². The first-order valence-electron chi connectivity index (χ1n) is 6.83. The molecule has 1 N–H and O–H groups in total. The molecule has 0 bridgehead atoms. The molecule has 106 valence electrons. The van der Waals surface area contributed by atoms with Gasteiger partial charge in [-0.05, 0) is 46.2 Å². The standard InChI is InChI=1S/C16H25NO2/c1-13-7-5-8-14(11-13)12-17-9-6-10-19-15(18)16(2,3)4/h5,7-8,11,17H,6,9-10,12H2,1-4H3. The molecule has 1 aromatic carbocycles. The molecule has 1 rings (SSSR count). The zero-order valence-electron chi connectivity index (χ0n) is 12.5. The number of carbonyl (C=O) groups is 1. The molecule has 0 amide bonds. The minimum atomic E-state index is -0.408. The first-order chi connectivity index (χ1) is 8.89. The first kappa shape index (κ1) is 15.7. The summed E-state index contributed by atoms with van der Waals surface area (Å²) in [7, 11) is 0. The van der Waals surface area contributed by atoms with Crippen molar-refractivity contribution in [3.05, 3.63) is 35.4 Å². The molecule has 3 heteroatoms.